The topological polar surface area (TPSA) is 86.5 Å². The van der Waals surface area contributed by atoms with Crippen LogP contribution in [0.2, 0.25) is 0 Å². The number of hydrogen-bond donors (Lipinski definition) is 1. The number of benzene rings is 1. The highest BCUT2D eigenvalue weighted by atomic mass is 79.9. The Labute approximate surface area is 154 Å². The van der Waals surface area contributed by atoms with E-state index in [4.69, 9.17) is 9.47 Å². The molecule has 134 valence electrons. The van der Waals surface area contributed by atoms with Crippen LogP contribution in [0, 0.1) is 10.1 Å². The van der Waals surface area contributed by atoms with Crippen LogP contribution in [0.1, 0.15) is 19.4 Å². The first kappa shape index (κ1) is 19.0. The summed E-state index contributed by atoms with van der Waals surface area (Å²) in [7, 11) is 0. The van der Waals surface area contributed by atoms with Crippen LogP contribution in [0.3, 0.4) is 0 Å². The highest BCUT2D eigenvalue weighted by Crippen LogP contribution is 2.29. The van der Waals surface area contributed by atoms with Crippen LogP contribution in [0.15, 0.2) is 34.9 Å². The Morgan fingerprint density at radius 1 is 1.20 bits per heavy atom. The maximum absolute atomic E-state index is 11.1. The summed E-state index contributed by atoms with van der Waals surface area (Å²) in [4.78, 5) is 14.7. The summed E-state index contributed by atoms with van der Waals surface area (Å²) in [6.07, 6.45) is 2.20. The van der Waals surface area contributed by atoms with Crippen LogP contribution >= 0.6 is 15.9 Å². The van der Waals surface area contributed by atoms with E-state index in [0.717, 1.165) is 5.56 Å². The normalized spacial score (nSPS) is 10.4. The van der Waals surface area contributed by atoms with Gasteiger partial charge in [-0.25, -0.2) is 4.98 Å². The number of rotatable bonds is 9. The van der Waals surface area contributed by atoms with Crippen molar-refractivity contribution in [2.24, 2.45) is 0 Å². The van der Waals surface area contributed by atoms with Gasteiger partial charge in [-0.3, -0.25) is 10.1 Å². The molecule has 2 aromatic rings. The highest BCUT2D eigenvalue weighted by molar-refractivity contribution is 9.10. The van der Waals surface area contributed by atoms with Gasteiger partial charge in [0.15, 0.2) is 11.5 Å². The second-order valence-electron chi connectivity index (χ2n) is 5.10. The Balaban J connectivity index is 2.04. The Hall–Kier alpha value is -2.35. The van der Waals surface area contributed by atoms with Crippen LogP contribution in [0.4, 0.5) is 11.5 Å². The molecule has 0 aliphatic heterocycles. The minimum Gasteiger partial charge on any atom is -0.490 e. The molecule has 1 aromatic heterocycles. The fraction of sp³-hybridized carbons (Fsp3) is 0.353. The molecule has 2 rings (SSSR count). The first-order valence-corrected chi connectivity index (χ1v) is 8.76. The van der Waals surface area contributed by atoms with Crippen molar-refractivity contribution in [1.29, 1.82) is 0 Å². The molecule has 1 heterocycles. The molecule has 25 heavy (non-hydrogen) atoms. The SMILES string of the molecule is CCOc1ccc(CCNc2ncc(Br)cc2[N+](=O)[O-])cc1OCC. The van der Waals surface area contributed by atoms with E-state index in [-0.39, 0.29) is 11.5 Å². The zero-order valence-electron chi connectivity index (χ0n) is 14.1. The van der Waals surface area contributed by atoms with Gasteiger partial charge in [-0.1, -0.05) is 6.07 Å². The zero-order chi connectivity index (χ0) is 18.2. The Morgan fingerprint density at radius 3 is 2.60 bits per heavy atom. The summed E-state index contributed by atoms with van der Waals surface area (Å²) in [5, 5.41) is 14.1. The monoisotopic (exact) mass is 409 g/mol. The number of aromatic nitrogens is 1. The average molecular weight is 410 g/mol. The van der Waals surface area contributed by atoms with Crippen LogP contribution < -0.4 is 14.8 Å². The summed E-state index contributed by atoms with van der Waals surface area (Å²) >= 11 is 3.19. The lowest BCUT2D eigenvalue weighted by Gasteiger charge is -2.13. The fourth-order valence-electron chi connectivity index (χ4n) is 2.28. The van der Waals surface area contributed by atoms with E-state index in [1.807, 2.05) is 32.0 Å². The van der Waals surface area contributed by atoms with E-state index in [0.29, 0.717) is 42.2 Å². The van der Waals surface area contributed by atoms with Crippen molar-refractivity contribution in [2.45, 2.75) is 20.3 Å². The van der Waals surface area contributed by atoms with Gasteiger partial charge in [0, 0.05) is 23.3 Å². The van der Waals surface area contributed by atoms with Crippen molar-refractivity contribution in [3.8, 4) is 11.5 Å². The molecule has 8 heteroatoms. The van der Waals surface area contributed by atoms with Gasteiger partial charge in [-0.2, -0.15) is 0 Å². The number of halogens is 1. The number of nitrogens with zero attached hydrogens (tertiary/aromatic N) is 2. The van der Waals surface area contributed by atoms with E-state index in [1.54, 1.807) is 0 Å². The largest absolute Gasteiger partial charge is 0.490 e. The van der Waals surface area contributed by atoms with Crippen molar-refractivity contribution < 1.29 is 14.4 Å². The number of nitrogens with one attached hydrogen (secondary N) is 1. The van der Waals surface area contributed by atoms with Crippen LogP contribution in [-0.4, -0.2) is 29.7 Å². The Bertz CT molecular complexity index is 740. The maximum Gasteiger partial charge on any atom is 0.312 e. The first-order valence-electron chi connectivity index (χ1n) is 7.97. The van der Waals surface area contributed by atoms with E-state index >= 15 is 0 Å². The smallest absolute Gasteiger partial charge is 0.312 e. The molecule has 0 saturated carbocycles. The van der Waals surface area contributed by atoms with Gasteiger partial charge in [-0.15, -0.1) is 0 Å². The molecule has 0 saturated heterocycles. The lowest BCUT2D eigenvalue weighted by atomic mass is 10.1. The summed E-state index contributed by atoms with van der Waals surface area (Å²) in [5.74, 6) is 1.67. The van der Waals surface area contributed by atoms with E-state index in [2.05, 4.69) is 26.2 Å². The average Bonchev–Trinajstić information content (AvgIpc) is 2.58. The molecule has 1 aromatic carbocycles. The molecule has 0 bridgehead atoms. The van der Waals surface area contributed by atoms with Gasteiger partial charge in [-0.05, 0) is 53.9 Å². The Kier molecular flexibility index (Phi) is 7.00. The predicted molar refractivity (Wildman–Crippen MR) is 99.6 cm³/mol. The third-order valence-electron chi connectivity index (χ3n) is 3.34. The molecule has 0 amide bonds. The predicted octanol–water partition coefficient (Wildman–Crippen LogP) is 4.20. The van der Waals surface area contributed by atoms with Crippen LogP contribution in [-0.2, 0) is 6.42 Å². The van der Waals surface area contributed by atoms with Gasteiger partial charge >= 0.3 is 5.69 Å². The molecule has 0 aliphatic carbocycles. The highest BCUT2D eigenvalue weighted by Gasteiger charge is 2.15. The third kappa shape index (κ3) is 5.32. The molecule has 0 aliphatic rings. The van der Waals surface area contributed by atoms with Crippen molar-refractivity contribution in [3.05, 3.63) is 50.6 Å². The summed E-state index contributed by atoms with van der Waals surface area (Å²) in [6, 6.07) is 7.20. The first-order chi connectivity index (χ1) is 12.0. The molecule has 7 nitrogen and oxygen atoms in total. The second-order valence-corrected chi connectivity index (χ2v) is 6.02. The van der Waals surface area contributed by atoms with E-state index in [9.17, 15) is 10.1 Å². The van der Waals surface area contributed by atoms with Gasteiger partial charge in [0.2, 0.25) is 5.82 Å². The number of pyridine rings is 1. The van der Waals surface area contributed by atoms with Gasteiger partial charge in [0.05, 0.1) is 18.1 Å². The number of hydrogen-bond acceptors (Lipinski definition) is 6. The lowest BCUT2D eigenvalue weighted by Crippen LogP contribution is -2.09. The molecule has 0 spiro atoms. The van der Waals surface area contributed by atoms with E-state index < -0.39 is 4.92 Å². The molecule has 0 unspecified atom stereocenters. The van der Waals surface area contributed by atoms with E-state index in [1.165, 1.54) is 12.3 Å². The van der Waals surface area contributed by atoms with Crippen LogP contribution in [0.25, 0.3) is 0 Å². The molecule has 0 fully saturated rings. The second kappa shape index (κ2) is 9.22. The fourth-order valence-corrected chi connectivity index (χ4v) is 2.60. The summed E-state index contributed by atoms with van der Waals surface area (Å²) in [6.45, 7) is 5.47. The van der Waals surface area contributed by atoms with Crippen molar-refractivity contribution in [3.63, 3.8) is 0 Å². The maximum atomic E-state index is 11.1. The standard InChI is InChI=1S/C17H20BrN3O4/c1-3-24-15-6-5-12(9-16(15)25-4-2)7-8-19-17-14(21(22)23)10-13(18)11-20-17/h5-6,9-11H,3-4,7-8H2,1-2H3,(H,19,20). The summed E-state index contributed by atoms with van der Waals surface area (Å²) in [5.41, 5.74) is 0.982. The third-order valence-corrected chi connectivity index (χ3v) is 3.78. The van der Waals surface area contributed by atoms with Crippen molar-refractivity contribution in [2.75, 3.05) is 25.1 Å². The number of nitro groups is 1. The molecular formula is C17H20BrN3O4. The molecule has 1 N–H and O–H groups in total. The lowest BCUT2D eigenvalue weighted by molar-refractivity contribution is -0.384. The zero-order valence-corrected chi connectivity index (χ0v) is 15.7. The Morgan fingerprint density at radius 2 is 1.92 bits per heavy atom. The molecule has 0 atom stereocenters. The van der Waals surface area contributed by atoms with Gasteiger partial charge in [0.1, 0.15) is 0 Å². The van der Waals surface area contributed by atoms with Crippen LogP contribution in [0.5, 0.6) is 11.5 Å². The summed E-state index contributed by atoms with van der Waals surface area (Å²) < 4.78 is 11.7. The van der Waals surface area contributed by atoms with Gasteiger partial charge < -0.3 is 14.8 Å². The molecule has 0 radical (unpaired) electrons. The minimum absolute atomic E-state index is 0.0592. The molecular weight excluding hydrogens is 390 g/mol. The van der Waals surface area contributed by atoms with Gasteiger partial charge in [0.25, 0.3) is 0 Å². The quantitative estimate of drug-likeness (QED) is 0.493. The van der Waals surface area contributed by atoms with Crippen molar-refractivity contribution in [1.82, 2.24) is 4.98 Å². The van der Waals surface area contributed by atoms with Crippen molar-refractivity contribution >= 4 is 27.4 Å². The number of anilines is 1. The number of ether oxygens (including phenoxy) is 2. The minimum atomic E-state index is -0.454.